The number of phosphoric ester groups is 1. The van der Waals surface area contributed by atoms with E-state index in [4.69, 9.17) is 18.9 Å². The van der Waals surface area contributed by atoms with Crippen LogP contribution in [0.2, 0.25) is 0 Å². The van der Waals surface area contributed by atoms with Crippen LogP contribution in [0.4, 0.5) is 0 Å². The van der Waals surface area contributed by atoms with Crippen molar-refractivity contribution in [2.24, 2.45) is 0 Å². The molecule has 0 amide bonds. The lowest BCUT2D eigenvalue weighted by atomic mass is 10.1. The van der Waals surface area contributed by atoms with Crippen molar-refractivity contribution in [2.75, 3.05) is 40.9 Å². The number of likely N-dealkylation sites (N-methyl/N-ethyl adjacent to an activating group) is 1. The number of rotatable bonds is 17. The first-order valence-corrected chi connectivity index (χ1v) is 12.8. The second-order valence-corrected chi connectivity index (χ2v) is 10.7. The minimum absolute atomic E-state index is 0.105. The van der Waals surface area contributed by atoms with E-state index in [2.05, 4.69) is 26.0 Å². The molecular formula is C23H41NO7P+. The SMILES string of the molecule is Cc1ccc(OCCCCCCCCOP(=O)(O)OC(CC(=O)O)C[N+](C)(C)C)c(C)c1. The Bertz CT molecular complexity index is 748. The van der Waals surface area contributed by atoms with Gasteiger partial charge in [0.25, 0.3) is 0 Å². The van der Waals surface area contributed by atoms with Crippen molar-refractivity contribution >= 4 is 13.8 Å². The van der Waals surface area contributed by atoms with E-state index >= 15 is 0 Å². The van der Waals surface area contributed by atoms with E-state index in [1.807, 2.05) is 27.2 Å². The number of unbranched alkanes of at least 4 members (excludes halogenated alkanes) is 5. The summed E-state index contributed by atoms with van der Waals surface area (Å²) >= 11 is 0. The molecule has 0 heterocycles. The predicted octanol–water partition coefficient (Wildman–Crippen LogP) is 4.71. The van der Waals surface area contributed by atoms with Gasteiger partial charge in [0.1, 0.15) is 18.4 Å². The Morgan fingerprint density at radius 1 is 1.03 bits per heavy atom. The largest absolute Gasteiger partial charge is 0.493 e. The lowest BCUT2D eigenvalue weighted by Gasteiger charge is -2.29. The number of benzene rings is 1. The van der Waals surface area contributed by atoms with Crippen molar-refractivity contribution in [1.82, 2.24) is 0 Å². The van der Waals surface area contributed by atoms with E-state index in [-0.39, 0.29) is 19.6 Å². The molecule has 1 aromatic carbocycles. The molecule has 32 heavy (non-hydrogen) atoms. The van der Waals surface area contributed by atoms with Crippen LogP contribution in [0, 0.1) is 13.8 Å². The van der Waals surface area contributed by atoms with Crippen molar-refractivity contribution < 1.29 is 37.6 Å². The zero-order valence-electron chi connectivity index (χ0n) is 20.2. The van der Waals surface area contributed by atoms with E-state index in [1.54, 1.807) is 0 Å². The van der Waals surface area contributed by atoms with E-state index in [1.165, 1.54) is 5.56 Å². The molecule has 0 spiro atoms. The maximum atomic E-state index is 12.2. The second kappa shape index (κ2) is 14.0. The number of hydrogen-bond acceptors (Lipinski definition) is 5. The van der Waals surface area contributed by atoms with Crippen LogP contribution >= 0.6 is 7.82 Å². The average Bonchev–Trinajstić information content (AvgIpc) is 2.62. The van der Waals surface area contributed by atoms with Crippen LogP contribution < -0.4 is 4.74 Å². The van der Waals surface area contributed by atoms with E-state index < -0.39 is 19.9 Å². The maximum absolute atomic E-state index is 12.2. The Kier molecular flexibility index (Phi) is 12.5. The first-order valence-electron chi connectivity index (χ1n) is 11.3. The van der Waals surface area contributed by atoms with E-state index in [9.17, 15) is 14.3 Å². The standard InChI is InChI=1S/C23H40NO7P/c1-19-12-13-22(20(2)16-19)29-14-10-8-6-7-9-11-15-30-32(27,28)31-21(17-23(25)26)18-24(3,4)5/h12-13,16,21H,6-11,14-15,17-18H2,1-5H3,(H-,25,26,27,28)/p+1. The first-order chi connectivity index (χ1) is 14.9. The Morgan fingerprint density at radius 2 is 1.62 bits per heavy atom. The Hall–Kier alpha value is -1.44. The van der Waals surface area contributed by atoms with Crippen LogP contribution in [0.5, 0.6) is 5.75 Å². The summed E-state index contributed by atoms with van der Waals surface area (Å²) in [5.41, 5.74) is 2.38. The number of phosphoric acid groups is 1. The highest BCUT2D eigenvalue weighted by Crippen LogP contribution is 2.45. The molecule has 1 rings (SSSR count). The van der Waals surface area contributed by atoms with Gasteiger partial charge < -0.3 is 19.2 Å². The number of carbonyl (C=O) groups is 1. The monoisotopic (exact) mass is 474 g/mol. The van der Waals surface area contributed by atoms with Crippen molar-refractivity contribution in [3.63, 3.8) is 0 Å². The number of quaternary nitrogens is 1. The molecule has 2 N–H and O–H groups in total. The fourth-order valence-corrected chi connectivity index (χ4v) is 4.33. The van der Waals surface area contributed by atoms with Crippen LogP contribution in [-0.2, 0) is 18.4 Å². The number of ether oxygens (including phenoxy) is 1. The molecule has 2 atom stereocenters. The van der Waals surface area contributed by atoms with Crippen LogP contribution in [0.15, 0.2) is 18.2 Å². The molecule has 1 aromatic rings. The van der Waals surface area contributed by atoms with E-state index in [0.29, 0.717) is 17.5 Å². The van der Waals surface area contributed by atoms with Crippen molar-refractivity contribution in [2.45, 2.75) is 64.9 Å². The third kappa shape index (κ3) is 13.9. The predicted molar refractivity (Wildman–Crippen MR) is 125 cm³/mol. The third-order valence-corrected chi connectivity index (χ3v) is 5.89. The van der Waals surface area contributed by atoms with Crippen LogP contribution in [0.1, 0.15) is 56.1 Å². The summed E-state index contributed by atoms with van der Waals surface area (Å²) in [6, 6.07) is 6.18. The molecule has 0 bridgehead atoms. The normalized spacial score (nSPS) is 14.7. The number of hydrogen-bond donors (Lipinski definition) is 2. The number of carboxylic acids is 1. The Morgan fingerprint density at radius 3 is 2.19 bits per heavy atom. The summed E-state index contributed by atoms with van der Waals surface area (Å²) in [5.74, 6) is -0.140. The van der Waals surface area contributed by atoms with Gasteiger partial charge in [-0.1, -0.05) is 43.4 Å². The molecule has 2 unspecified atom stereocenters. The third-order valence-electron chi connectivity index (χ3n) is 4.82. The highest BCUT2D eigenvalue weighted by molar-refractivity contribution is 7.47. The number of aryl methyl sites for hydroxylation is 2. The summed E-state index contributed by atoms with van der Waals surface area (Å²) in [5, 5.41) is 9.00. The molecule has 184 valence electrons. The molecule has 0 fully saturated rings. The fraction of sp³-hybridized carbons (Fsp3) is 0.696. The van der Waals surface area contributed by atoms with E-state index in [0.717, 1.165) is 43.4 Å². The lowest BCUT2D eigenvalue weighted by Crippen LogP contribution is -2.42. The van der Waals surface area contributed by atoms with Gasteiger partial charge >= 0.3 is 13.8 Å². The quantitative estimate of drug-likeness (QED) is 0.192. The first kappa shape index (κ1) is 28.6. The van der Waals surface area contributed by atoms with Gasteiger partial charge in [0.15, 0.2) is 0 Å². The fourth-order valence-electron chi connectivity index (χ4n) is 3.39. The Labute approximate surface area is 192 Å². The number of aliphatic carboxylic acids is 1. The summed E-state index contributed by atoms with van der Waals surface area (Å²) < 4.78 is 28.6. The smallest absolute Gasteiger partial charge is 0.472 e. The molecule has 8 nitrogen and oxygen atoms in total. The summed E-state index contributed by atoms with van der Waals surface area (Å²) in [4.78, 5) is 20.9. The molecule has 0 radical (unpaired) electrons. The van der Waals surface area contributed by atoms with Crippen molar-refractivity contribution in [3.05, 3.63) is 29.3 Å². The topological polar surface area (TPSA) is 102 Å². The van der Waals surface area contributed by atoms with Crippen LogP contribution in [0.25, 0.3) is 0 Å². The Balaban J connectivity index is 2.15. The molecule has 0 saturated carbocycles. The zero-order valence-corrected chi connectivity index (χ0v) is 21.1. The van der Waals surface area contributed by atoms with Crippen LogP contribution in [-0.4, -0.2) is 67.5 Å². The van der Waals surface area contributed by atoms with Gasteiger partial charge in [-0.05, 0) is 38.3 Å². The minimum atomic E-state index is -4.29. The van der Waals surface area contributed by atoms with Gasteiger partial charge in [0.05, 0.1) is 40.8 Å². The average molecular weight is 475 g/mol. The maximum Gasteiger partial charge on any atom is 0.472 e. The molecule has 9 heteroatoms. The lowest BCUT2D eigenvalue weighted by molar-refractivity contribution is -0.873. The van der Waals surface area contributed by atoms with Gasteiger partial charge in [-0.3, -0.25) is 13.8 Å². The highest BCUT2D eigenvalue weighted by Gasteiger charge is 2.31. The second-order valence-electron chi connectivity index (χ2n) is 9.34. The molecular weight excluding hydrogens is 433 g/mol. The minimum Gasteiger partial charge on any atom is -0.493 e. The molecule has 0 aliphatic carbocycles. The van der Waals surface area contributed by atoms with Crippen molar-refractivity contribution in [3.8, 4) is 5.75 Å². The van der Waals surface area contributed by atoms with Gasteiger partial charge in [0, 0.05) is 0 Å². The molecule has 0 aliphatic rings. The van der Waals surface area contributed by atoms with Gasteiger partial charge in [0.2, 0.25) is 0 Å². The summed E-state index contributed by atoms with van der Waals surface area (Å²) in [6.45, 7) is 5.21. The van der Waals surface area contributed by atoms with Gasteiger partial charge in [-0.15, -0.1) is 0 Å². The summed E-state index contributed by atoms with van der Waals surface area (Å²) in [6.07, 6.45) is 4.41. The number of carboxylic acid groups (broad SMARTS) is 1. The van der Waals surface area contributed by atoms with Gasteiger partial charge in [-0.25, -0.2) is 4.57 Å². The molecule has 0 saturated heterocycles. The highest BCUT2D eigenvalue weighted by atomic mass is 31.2. The van der Waals surface area contributed by atoms with Crippen molar-refractivity contribution in [1.29, 1.82) is 0 Å². The zero-order chi connectivity index (χ0) is 24.2. The molecule has 0 aliphatic heterocycles. The number of nitrogens with zero attached hydrogens (tertiary/aromatic N) is 1. The van der Waals surface area contributed by atoms with Gasteiger partial charge in [-0.2, -0.15) is 0 Å². The summed E-state index contributed by atoms with van der Waals surface area (Å²) in [7, 11) is 1.29. The van der Waals surface area contributed by atoms with Crippen LogP contribution in [0.3, 0.4) is 0 Å². The molecule has 0 aromatic heterocycles.